The van der Waals surface area contributed by atoms with E-state index in [2.05, 4.69) is 10.3 Å². The average Bonchev–Trinajstić information content (AvgIpc) is 3.14. The highest BCUT2D eigenvalue weighted by molar-refractivity contribution is 7.92. The van der Waals surface area contributed by atoms with Gasteiger partial charge in [0.15, 0.2) is 0 Å². The number of hydrogen-bond donors (Lipinski definition) is 1. The second-order valence-corrected chi connectivity index (χ2v) is 7.97. The summed E-state index contributed by atoms with van der Waals surface area (Å²) in [5.74, 6) is -0.164. The number of anilines is 1. The van der Waals surface area contributed by atoms with Crippen LogP contribution < -0.4 is 9.62 Å². The molecule has 2 heterocycles. The van der Waals surface area contributed by atoms with Crippen LogP contribution in [0.25, 0.3) is 0 Å². The summed E-state index contributed by atoms with van der Waals surface area (Å²) >= 11 is 0. The van der Waals surface area contributed by atoms with Crippen molar-refractivity contribution in [2.75, 3.05) is 17.1 Å². The second kappa shape index (κ2) is 6.27. The number of fused-ring (bicyclic) bond motifs is 1. The van der Waals surface area contributed by atoms with Crippen LogP contribution in [0, 0.1) is 0 Å². The molecule has 1 amide bonds. The molecule has 24 heavy (non-hydrogen) atoms. The molecule has 0 radical (unpaired) electrons. The number of aromatic nitrogens is 2. The normalized spacial score (nSPS) is 15.2. The molecule has 1 aromatic heterocycles. The molecule has 1 aliphatic heterocycles. The number of nitrogens with one attached hydrogen (secondary N) is 1. The molecule has 1 atom stereocenters. The van der Waals surface area contributed by atoms with Gasteiger partial charge in [-0.1, -0.05) is 0 Å². The Morgan fingerprint density at radius 1 is 1.42 bits per heavy atom. The van der Waals surface area contributed by atoms with Gasteiger partial charge in [0.05, 0.1) is 18.3 Å². The monoisotopic (exact) mass is 348 g/mol. The third-order valence-electron chi connectivity index (χ3n) is 4.02. The Morgan fingerprint density at radius 2 is 2.21 bits per heavy atom. The maximum Gasteiger partial charge on any atom is 0.251 e. The van der Waals surface area contributed by atoms with Gasteiger partial charge in [0.1, 0.15) is 0 Å². The van der Waals surface area contributed by atoms with Gasteiger partial charge in [-0.05, 0) is 37.1 Å². The lowest BCUT2D eigenvalue weighted by Crippen LogP contribution is -2.35. The van der Waals surface area contributed by atoms with E-state index >= 15 is 0 Å². The van der Waals surface area contributed by atoms with Crippen LogP contribution in [0.3, 0.4) is 0 Å². The van der Waals surface area contributed by atoms with Crippen molar-refractivity contribution in [2.24, 2.45) is 0 Å². The molecular weight excluding hydrogens is 328 g/mol. The van der Waals surface area contributed by atoms with Crippen molar-refractivity contribution in [1.29, 1.82) is 0 Å². The van der Waals surface area contributed by atoms with Gasteiger partial charge in [-0.2, -0.15) is 0 Å². The molecule has 7 nitrogen and oxygen atoms in total. The molecule has 0 saturated heterocycles. The smallest absolute Gasteiger partial charge is 0.251 e. The number of carbonyl (C=O) groups excluding carboxylic acids is 1. The van der Waals surface area contributed by atoms with Gasteiger partial charge in [0, 0.05) is 37.1 Å². The number of carbonyl (C=O) groups is 1. The zero-order chi connectivity index (χ0) is 17.3. The highest BCUT2D eigenvalue weighted by Gasteiger charge is 2.26. The second-order valence-electron chi connectivity index (χ2n) is 6.06. The molecular formula is C16H20N4O3S. The molecule has 3 rings (SSSR count). The van der Waals surface area contributed by atoms with Gasteiger partial charge >= 0.3 is 0 Å². The quantitative estimate of drug-likeness (QED) is 0.874. The molecule has 0 unspecified atom stereocenters. The van der Waals surface area contributed by atoms with Crippen molar-refractivity contribution in [3.8, 4) is 0 Å². The molecule has 0 fully saturated rings. The summed E-state index contributed by atoms with van der Waals surface area (Å²) in [5, 5.41) is 2.95. The standard InChI is InChI=1S/C16H20N4O3S/c1-12(10-19-8-6-17-11-19)18-16(21)14-3-4-15-13(9-14)5-7-20(15)24(2,22)23/h3-4,6,8-9,11-12H,5,7,10H2,1-2H3,(H,18,21)/t12-/m0/s1. The summed E-state index contributed by atoms with van der Waals surface area (Å²) in [5.41, 5.74) is 2.09. The van der Waals surface area contributed by atoms with Crippen molar-refractivity contribution < 1.29 is 13.2 Å². The summed E-state index contributed by atoms with van der Waals surface area (Å²) in [6, 6.07) is 5.10. The summed E-state index contributed by atoms with van der Waals surface area (Å²) in [4.78, 5) is 16.4. The zero-order valence-electron chi connectivity index (χ0n) is 13.6. The third kappa shape index (κ3) is 3.43. The minimum Gasteiger partial charge on any atom is -0.348 e. The molecule has 0 saturated carbocycles. The van der Waals surface area contributed by atoms with Crippen molar-refractivity contribution in [1.82, 2.24) is 14.9 Å². The first-order valence-corrected chi connectivity index (χ1v) is 9.56. The van der Waals surface area contributed by atoms with Crippen LogP contribution in [-0.2, 0) is 23.0 Å². The fourth-order valence-corrected chi connectivity index (χ4v) is 3.88. The maximum atomic E-state index is 12.4. The Balaban J connectivity index is 1.71. The fourth-order valence-electron chi connectivity index (χ4n) is 2.92. The first kappa shape index (κ1) is 16.5. The first-order valence-electron chi connectivity index (χ1n) is 7.72. The Hall–Kier alpha value is -2.35. The first-order chi connectivity index (χ1) is 11.3. The highest BCUT2D eigenvalue weighted by atomic mass is 32.2. The Bertz CT molecular complexity index is 846. The van der Waals surface area contributed by atoms with Crippen LogP contribution in [0.15, 0.2) is 36.9 Å². The lowest BCUT2D eigenvalue weighted by atomic mass is 10.1. The van der Waals surface area contributed by atoms with Crippen LogP contribution in [0.5, 0.6) is 0 Å². The van der Waals surface area contributed by atoms with Gasteiger partial charge in [-0.15, -0.1) is 0 Å². The van der Waals surface area contributed by atoms with Gasteiger partial charge in [0.2, 0.25) is 10.0 Å². The summed E-state index contributed by atoms with van der Waals surface area (Å²) in [7, 11) is -3.27. The van der Waals surface area contributed by atoms with E-state index in [1.54, 1.807) is 30.7 Å². The molecule has 0 aliphatic carbocycles. The minimum atomic E-state index is -3.27. The van der Waals surface area contributed by atoms with Crippen molar-refractivity contribution in [2.45, 2.75) is 25.9 Å². The van der Waals surface area contributed by atoms with Crippen LogP contribution in [-0.4, -0.2) is 42.7 Å². The minimum absolute atomic E-state index is 0.0486. The number of rotatable bonds is 5. The van der Waals surface area contributed by atoms with E-state index in [-0.39, 0.29) is 11.9 Å². The summed E-state index contributed by atoms with van der Waals surface area (Å²) in [6.45, 7) is 2.99. The van der Waals surface area contributed by atoms with E-state index in [1.807, 2.05) is 17.7 Å². The van der Waals surface area contributed by atoms with Crippen LogP contribution in [0.4, 0.5) is 5.69 Å². The lowest BCUT2D eigenvalue weighted by Gasteiger charge is -2.17. The number of amides is 1. The number of imidazole rings is 1. The topological polar surface area (TPSA) is 84.3 Å². The van der Waals surface area contributed by atoms with Gasteiger partial charge < -0.3 is 9.88 Å². The summed E-state index contributed by atoms with van der Waals surface area (Å²) in [6.07, 6.45) is 7.06. The molecule has 2 aromatic rings. The van der Waals surface area contributed by atoms with Crippen molar-refractivity contribution in [3.05, 3.63) is 48.0 Å². The fraction of sp³-hybridized carbons (Fsp3) is 0.375. The highest BCUT2D eigenvalue weighted by Crippen LogP contribution is 2.30. The third-order valence-corrected chi connectivity index (χ3v) is 5.20. The van der Waals surface area contributed by atoms with Gasteiger partial charge in [0.25, 0.3) is 5.91 Å². The Kier molecular flexibility index (Phi) is 4.31. The van der Waals surface area contributed by atoms with Crippen molar-refractivity contribution >= 4 is 21.6 Å². The number of benzene rings is 1. The van der Waals surface area contributed by atoms with Crippen LogP contribution in [0.1, 0.15) is 22.8 Å². The molecule has 8 heteroatoms. The molecule has 1 N–H and O–H groups in total. The number of sulfonamides is 1. The number of hydrogen-bond acceptors (Lipinski definition) is 4. The van der Waals surface area contributed by atoms with Crippen LogP contribution >= 0.6 is 0 Å². The predicted molar refractivity (Wildman–Crippen MR) is 91.5 cm³/mol. The number of nitrogens with zero attached hydrogens (tertiary/aromatic N) is 3. The predicted octanol–water partition coefficient (Wildman–Crippen LogP) is 1.02. The maximum absolute atomic E-state index is 12.4. The van der Waals surface area contributed by atoms with Crippen molar-refractivity contribution in [3.63, 3.8) is 0 Å². The van der Waals surface area contributed by atoms with Gasteiger partial charge in [-0.25, -0.2) is 13.4 Å². The van der Waals surface area contributed by atoms with E-state index in [1.165, 1.54) is 10.6 Å². The molecule has 0 spiro atoms. The molecule has 0 bridgehead atoms. The van der Waals surface area contributed by atoms with E-state index < -0.39 is 10.0 Å². The molecule has 1 aromatic carbocycles. The molecule has 1 aliphatic rings. The average molecular weight is 348 g/mol. The van der Waals surface area contributed by atoms with Crippen LogP contribution in [0.2, 0.25) is 0 Å². The van der Waals surface area contributed by atoms with E-state index in [0.717, 1.165) is 5.56 Å². The Labute approximate surface area is 141 Å². The van der Waals surface area contributed by atoms with E-state index in [4.69, 9.17) is 0 Å². The zero-order valence-corrected chi connectivity index (χ0v) is 14.5. The van der Waals surface area contributed by atoms with E-state index in [9.17, 15) is 13.2 Å². The SMILES string of the molecule is C[C@@H](Cn1ccnc1)NC(=O)c1ccc2c(c1)CCN2S(C)(=O)=O. The lowest BCUT2D eigenvalue weighted by molar-refractivity contribution is 0.0936. The molecule has 128 valence electrons. The largest absolute Gasteiger partial charge is 0.348 e. The Morgan fingerprint density at radius 3 is 2.88 bits per heavy atom. The summed E-state index contributed by atoms with van der Waals surface area (Å²) < 4.78 is 26.8. The van der Waals surface area contributed by atoms with E-state index in [0.29, 0.717) is 30.8 Å². The van der Waals surface area contributed by atoms with Gasteiger partial charge in [-0.3, -0.25) is 9.10 Å².